The molecule has 2 unspecified atom stereocenters. The van der Waals surface area contributed by atoms with Crippen molar-refractivity contribution < 1.29 is 9.90 Å². The molecule has 1 N–H and O–H groups in total. The second-order valence-electron chi connectivity index (χ2n) is 3.04. The molecule has 0 radical (unpaired) electrons. The molecule has 0 aromatic rings. The Morgan fingerprint density at radius 2 is 2.36 bits per heavy atom. The van der Waals surface area contributed by atoms with E-state index in [9.17, 15) is 4.79 Å². The van der Waals surface area contributed by atoms with Crippen LogP contribution in [0.4, 0.5) is 4.79 Å². The number of carboxylic acid groups (broad SMARTS) is 1. The third-order valence-corrected chi connectivity index (χ3v) is 2.91. The molecular formula is C7H12BrNO2. The molecule has 1 rings (SSSR count). The van der Waals surface area contributed by atoms with Gasteiger partial charge in [-0.3, -0.25) is 4.90 Å². The summed E-state index contributed by atoms with van der Waals surface area (Å²) in [7, 11) is 0. The van der Waals surface area contributed by atoms with Gasteiger partial charge in [-0.05, 0) is 18.8 Å². The van der Waals surface area contributed by atoms with Crippen LogP contribution in [-0.4, -0.2) is 27.6 Å². The smallest absolute Gasteiger partial charge is 0.408 e. The molecule has 1 saturated heterocycles. The Hall–Kier alpha value is -0.250. The first-order valence-corrected chi connectivity index (χ1v) is 4.66. The SMILES string of the molecule is CC1CCN(C(=O)O)C(Br)C1. The molecule has 0 aliphatic carbocycles. The Labute approximate surface area is 74.5 Å². The topological polar surface area (TPSA) is 40.5 Å². The molecule has 0 aromatic heterocycles. The van der Waals surface area contributed by atoms with E-state index >= 15 is 0 Å². The summed E-state index contributed by atoms with van der Waals surface area (Å²) >= 11 is 3.34. The van der Waals surface area contributed by atoms with E-state index in [4.69, 9.17) is 5.11 Å². The minimum atomic E-state index is -0.821. The number of halogens is 1. The second kappa shape index (κ2) is 3.43. The Kier molecular flexibility index (Phi) is 2.76. The molecule has 4 heteroatoms. The number of piperidine rings is 1. The summed E-state index contributed by atoms with van der Waals surface area (Å²) in [6, 6.07) is 0. The van der Waals surface area contributed by atoms with Gasteiger partial charge in [0.1, 0.15) is 0 Å². The van der Waals surface area contributed by atoms with Crippen LogP contribution in [0.2, 0.25) is 0 Å². The second-order valence-corrected chi connectivity index (χ2v) is 4.10. The van der Waals surface area contributed by atoms with Crippen LogP contribution in [0.3, 0.4) is 0 Å². The zero-order valence-corrected chi connectivity index (χ0v) is 8.04. The van der Waals surface area contributed by atoms with Crippen molar-refractivity contribution in [3.63, 3.8) is 0 Å². The lowest BCUT2D eigenvalue weighted by Gasteiger charge is -2.32. The molecule has 0 bridgehead atoms. The molecule has 0 saturated carbocycles. The lowest BCUT2D eigenvalue weighted by Crippen LogP contribution is -2.41. The Morgan fingerprint density at radius 3 is 2.82 bits per heavy atom. The van der Waals surface area contributed by atoms with Crippen molar-refractivity contribution in [1.29, 1.82) is 0 Å². The van der Waals surface area contributed by atoms with Crippen molar-refractivity contribution in [2.24, 2.45) is 5.92 Å². The van der Waals surface area contributed by atoms with Gasteiger partial charge in [-0.25, -0.2) is 4.79 Å². The molecule has 2 atom stereocenters. The minimum absolute atomic E-state index is 0.0174. The van der Waals surface area contributed by atoms with Crippen LogP contribution in [0.5, 0.6) is 0 Å². The fourth-order valence-corrected chi connectivity index (χ4v) is 2.31. The van der Waals surface area contributed by atoms with E-state index in [0.717, 1.165) is 12.8 Å². The lowest BCUT2D eigenvalue weighted by atomic mass is 10.00. The summed E-state index contributed by atoms with van der Waals surface area (Å²) in [6.45, 7) is 2.81. The highest BCUT2D eigenvalue weighted by molar-refractivity contribution is 9.09. The van der Waals surface area contributed by atoms with Crippen LogP contribution in [-0.2, 0) is 0 Å². The Morgan fingerprint density at radius 1 is 1.73 bits per heavy atom. The maximum absolute atomic E-state index is 10.6. The van der Waals surface area contributed by atoms with Gasteiger partial charge in [0.15, 0.2) is 0 Å². The van der Waals surface area contributed by atoms with Crippen molar-refractivity contribution >= 4 is 22.0 Å². The third-order valence-electron chi connectivity index (χ3n) is 2.04. The van der Waals surface area contributed by atoms with E-state index in [2.05, 4.69) is 22.9 Å². The van der Waals surface area contributed by atoms with Crippen molar-refractivity contribution in [2.75, 3.05) is 6.54 Å². The Bertz CT molecular complexity index is 163. The van der Waals surface area contributed by atoms with Gasteiger partial charge in [0.2, 0.25) is 0 Å². The van der Waals surface area contributed by atoms with Crippen LogP contribution in [0.15, 0.2) is 0 Å². The number of rotatable bonds is 0. The van der Waals surface area contributed by atoms with Gasteiger partial charge in [-0.2, -0.15) is 0 Å². The highest BCUT2D eigenvalue weighted by Gasteiger charge is 2.27. The van der Waals surface area contributed by atoms with Gasteiger partial charge < -0.3 is 5.11 Å². The normalized spacial score (nSPS) is 32.0. The Balaban J connectivity index is 2.50. The van der Waals surface area contributed by atoms with E-state index < -0.39 is 6.09 Å². The maximum Gasteiger partial charge on any atom is 0.408 e. The van der Waals surface area contributed by atoms with Crippen molar-refractivity contribution in [1.82, 2.24) is 4.90 Å². The fraction of sp³-hybridized carbons (Fsp3) is 0.857. The molecule has 1 heterocycles. The predicted octanol–water partition coefficient (Wildman–Crippen LogP) is 2.12. The highest BCUT2D eigenvalue weighted by Crippen LogP contribution is 2.25. The summed E-state index contributed by atoms with van der Waals surface area (Å²) in [6.07, 6.45) is 1.08. The number of carbonyl (C=O) groups is 1. The van der Waals surface area contributed by atoms with Crippen molar-refractivity contribution in [3.8, 4) is 0 Å². The van der Waals surface area contributed by atoms with Gasteiger partial charge in [-0.15, -0.1) is 0 Å². The lowest BCUT2D eigenvalue weighted by molar-refractivity contribution is 0.120. The molecule has 0 spiro atoms. The number of hydrogen-bond acceptors (Lipinski definition) is 1. The van der Waals surface area contributed by atoms with Gasteiger partial charge in [0, 0.05) is 6.54 Å². The maximum atomic E-state index is 10.6. The number of likely N-dealkylation sites (tertiary alicyclic amines) is 1. The predicted molar refractivity (Wildman–Crippen MR) is 45.8 cm³/mol. The van der Waals surface area contributed by atoms with Crippen LogP contribution in [0.25, 0.3) is 0 Å². The van der Waals surface area contributed by atoms with E-state index in [1.165, 1.54) is 4.90 Å². The number of nitrogens with zero attached hydrogens (tertiary/aromatic N) is 1. The fourth-order valence-electron chi connectivity index (χ4n) is 1.29. The summed E-state index contributed by atoms with van der Waals surface area (Å²) in [5, 5.41) is 8.69. The average molecular weight is 222 g/mol. The minimum Gasteiger partial charge on any atom is -0.465 e. The number of alkyl halides is 1. The number of amides is 1. The summed E-state index contributed by atoms with van der Waals surface area (Å²) < 4.78 is 0. The van der Waals surface area contributed by atoms with E-state index in [-0.39, 0.29) is 4.95 Å². The first kappa shape index (κ1) is 8.84. The number of hydrogen-bond donors (Lipinski definition) is 1. The highest BCUT2D eigenvalue weighted by atomic mass is 79.9. The van der Waals surface area contributed by atoms with Gasteiger partial charge in [0.05, 0.1) is 4.95 Å². The van der Waals surface area contributed by atoms with Crippen LogP contribution in [0.1, 0.15) is 19.8 Å². The summed E-state index contributed by atoms with van der Waals surface area (Å²) in [5.41, 5.74) is 0. The van der Waals surface area contributed by atoms with Crippen molar-refractivity contribution in [3.05, 3.63) is 0 Å². The largest absolute Gasteiger partial charge is 0.465 e. The first-order chi connectivity index (χ1) is 5.11. The molecule has 1 fully saturated rings. The molecule has 0 aromatic carbocycles. The van der Waals surface area contributed by atoms with E-state index in [0.29, 0.717) is 12.5 Å². The van der Waals surface area contributed by atoms with Crippen molar-refractivity contribution in [2.45, 2.75) is 24.7 Å². The van der Waals surface area contributed by atoms with Crippen LogP contribution < -0.4 is 0 Å². The zero-order chi connectivity index (χ0) is 8.43. The van der Waals surface area contributed by atoms with Crippen LogP contribution in [0, 0.1) is 5.92 Å². The first-order valence-electron chi connectivity index (χ1n) is 3.75. The standard InChI is InChI=1S/C7H12BrNO2/c1-5-2-3-9(7(10)11)6(8)4-5/h5-6H,2-4H2,1H3,(H,10,11). The van der Waals surface area contributed by atoms with E-state index in [1.807, 2.05) is 0 Å². The molecular weight excluding hydrogens is 210 g/mol. The monoisotopic (exact) mass is 221 g/mol. The van der Waals surface area contributed by atoms with E-state index in [1.54, 1.807) is 0 Å². The van der Waals surface area contributed by atoms with Gasteiger partial charge in [0.25, 0.3) is 0 Å². The zero-order valence-electron chi connectivity index (χ0n) is 6.46. The summed E-state index contributed by atoms with van der Waals surface area (Å²) in [5.74, 6) is 0.634. The molecule has 11 heavy (non-hydrogen) atoms. The average Bonchev–Trinajstić information content (AvgIpc) is 1.85. The summed E-state index contributed by atoms with van der Waals surface area (Å²) in [4.78, 5) is 12.0. The van der Waals surface area contributed by atoms with Crippen LogP contribution >= 0.6 is 15.9 Å². The molecule has 64 valence electrons. The molecule has 1 aliphatic rings. The van der Waals surface area contributed by atoms with Gasteiger partial charge >= 0.3 is 6.09 Å². The van der Waals surface area contributed by atoms with Gasteiger partial charge in [-0.1, -0.05) is 22.9 Å². The molecule has 1 aliphatic heterocycles. The third kappa shape index (κ3) is 2.09. The molecule has 1 amide bonds. The molecule has 3 nitrogen and oxygen atoms in total. The quantitative estimate of drug-likeness (QED) is 0.503.